The number of nitrogens with zero attached hydrogens (tertiary/aromatic N) is 1. The fourth-order valence-corrected chi connectivity index (χ4v) is 2.03. The normalized spacial score (nSPS) is 12.2. The van der Waals surface area contributed by atoms with E-state index in [0.717, 1.165) is 18.4 Å². The Morgan fingerprint density at radius 1 is 1.35 bits per heavy atom. The molecule has 0 bridgehead atoms. The van der Waals surface area contributed by atoms with Crippen molar-refractivity contribution in [2.24, 2.45) is 5.73 Å². The van der Waals surface area contributed by atoms with E-state index in [2.05, 4.69) is 27.8 Å². The molecule has 106 valence electrons. The van der Waals surface area contributed by atoms with E-state index in [1.807, 2.05) is 6.07 Å². The van der Waals surface area contributed by atoms with Crippen molar-refractivity contribution >= 4 is 15.9 Å². The van der Waals surface area contributed by atoms with Gasteiger partial charge >= 0.3 is 0 Å². The highest BCUT2D eigenvalue weighted by molar-refractivity contribution is 9.10. The van der Waals surface area contributed by atoms with Gasteiger partial charge in [0.25, 0.3) is 0 Å². The predicted molar refractivity (Wildman–Crippen MR) is 80.4 cm³/mol. The van der Waals surface area contributed by atoms with Crippen molar-refractivity contribution in [3.8, 4) is 11.6 Å². The zero-order valence-electron chi connectivity index (χ0n) is 11.1. The Balaban J connectivity index is 2.09. The second kappa shape index (κ2) is 6.81. The van der Waals surface area contributed by atoms with Crippen LogP contribution in [0.5, 0.6) is 11.6 Å². The summed E-state index contributed by atoms with van der Waals surface area (Å²) in [5, 5.41) is 0. The summed E-state index contributed by atoms with van der Waals surface area (Å²) in [5.41, 5.74) is 6.96. The quantitative estimate of drug-likeness (QED) is 0.894. The molecule has 20 heavy (non-hydrogen) atoms. The molecule has 0 radical (unpaired) electrons. The van der Waals surface area contributed by atoms with Crippen molar-refractivity contribution in [2.45, 2.75) is 25.8 Å². The summed E-state index contributed by atoms with van der Waals surface area (Å²) in [6.45, 7) is 2.05. The highest BCUT2D eigenvalue weighted by Crippen LogP contribution is 2.29. The van der Waals surface area contributed by atoms with Gasteiger partial charge in [-0.15, -0.1) is 0 Å². The van der Waals surface area contributed by atoms with Gasteiger partial charge in [0, 0.05) is 24.4 Å². The molecule has 5 heteroatoms. The maximum Gasteiger partial charge on any atom is 0.219 e. The maximum atomic E-state index is 13.2. The van der Waals surface area contributed by atoms with Crippen LogP contribution < -0.4 is 10.5 Å². The molecule has 1 heterocycles. The van der Waals surface area contributed by atoms with Gasteiger partial charge in [-0.2, -0.15) is 0 Å². The topological polar surface area (TPSA) is 48.1 Å². The van der Waals surface area contributed by atoms with Gasteiger partial charge in [0.15, 0.2) is 0 Å². The standard InChI is InChI=1S/C15H16BrFN2O/c1-2-12(18)7-10-3-6-15(19-9-10)20-14-8-11(17)4-5-13(14)16/h3-6,8-9,12H,2,7,18H2,1H3. The molecule has 0 amide bonds. The molecular formula is C15H16BrFN2O. The molecule has 1 atom stereocenters. The smallest absolute Gasteiger partial charge is 0.219 e. The molecular weight excluding hydrogens is 323 g/mol. The molecule has 2 aromatic rings. The van der Waals surface area contributed by atoms with Crippen LogP contribution in [0, 0.1) is 5.82 Å². The van der Waals surface area contributed by atoms with Gasteiger partial charge in [-0.1, -0.05) is 13.0 Å². The number of hydrogen-bond donors (Lipinski definition) is 1. The van der Waals surface area contributed by atoms with Crippen LogP contribution in [-0.4, -0.2) is 11.0 Å². The van der Waals surface area contributed by atoms with Gasteiger partial charge in [0.1, 0.15) is 11.6 Å². The van der Waals surface area contributed by atoms with Crippen molar-refractivity contribution in [2.75, 3.05) is 0 Å². The van der Waals surface area contributed by atoms with Gasteiger partial charge in [-0.05, 0) is 46.5 Å². The molecule has 2 rings (SSSR count). The van der Waals surface area contributed by atoms with Crippen LogP contribution in [-0.2, 0) is 6.42 Å². The molecule has 0 aliphatic rings. The van der Waals surface area contributed by atoms with E-state index < -0.39 is 0 Å². The van der Waals surface area contributed by atoms with Crippen molar-refractivity contribution in [1.82, 2.24) is 4.98 Å². The zero-order chi connectivity index (χ0) is 14.5. The highest BCUT2D eigenvalue weighted by atomic mass is 79.9. The molecule has 0 aliphatic carbocycles. The third-order valence-corrected chi connectivity index (χ3v) is 3.58. The highest BCUT2D eigenvalue weighted by Gasteiger charge is 2.06. The van der Waals surface area contributed by atoms with Crippen LogP contribution in [0.2, 0.25) is 0 Å². The summed E-state index contributed by atoms with van der Waals surface area (Å²) < 4.78 is 19.4. The van der Waals surface area contributed by atoms with Gasteiger partial charge in [0.05, 0.1) is 4.47 Å². The first-order valence-corrected chi connectivity index (χ1v) is 7.21. The summed E-state index contributed by atoms with van der Waals surface area (Å²) in [7, 11) is 0. The molecule has 0 saturated carbocycles. The average Bonchev–Trinajstić information content (AvgIpc) is 2.45. The summed E-state index contributed by atoms with van der Waals surface area (Å²) in [4.78, 5) is 4.21. The summed E-state index contributed by atoms with van der Waals surface area (Å²) in [6, 6.07) is 8.09. The Labute approximate surface area is 126 Å². The van der Waals surface area contributed by atoms with Crippen molar-refractivity contribution < 1.29 is 9.13 Å². The average molecular weight is 339 g/mol. The Hall–Kier alpha value is -1.46. The van der Waals surface area contributed by atoms with E-state index in [1.165, 1.54) is 12.1 Å². The summed E-state index contributed by atoms with van der Waals surface area (Å²) in [6.07, 6.45) is 3.44. The van der Waals surface area contributed by atoms with E-state index in [4.69, 9.17) is 10.5 Å². The lowest BCUT2D eigenvalue weighted by molar-refractivity contribution is 0.454. The van der Waals surface area contributed by atoms with E-state index in [-0.39, 0.29) is 11.9 Å². The zero-order valence-corrected chi connectivity index (χ0v) is 12.7. The van der Waals surface area contributed by atoms with E-state index in [0.29, 0.717) is 16.1 Å². The minimum Gasteiger partial charge on any atom is -0.438 e. The monoisotopic (exact) mass is 338 g/mol. The first-order valence-electron chi connectivity index (χ1n) is 6.42. The first-order chi connectivity index (χ1) is 9.58. The van der Waals surface area contributed by atoms with E-state index in [1.54, 1.807) is 18.3 Å². The Morgan fingerprint density at radius 2 is 2.15 bits per heavy atom. The van der Waals surface area contributed by atoms with Gasteiger partial charge in [-0.25, -0.2) is 9.37 Å². The fourth-order valence-electron chi connectivity index (χ4n) is 1.71. The lowest BCUT2D eigenvalue weighted by Gasteiger charge is -2.10. The molecule has 0 spiro atoms. The number of benzene rings is 1. The lowest BCUT2D eigenvalue weighted by Crippen LogP contribution is -2.21. The lowest BCUT2D eigenvalue weighted by atomic mass is 10.1. The van der Waals surface area contributed by atoms with E-state index >= 15 is 0 Å². The van der Waals surface area contributed by atoms with Crippen molar-refractivity contribution in [3.05, 3.63) is 52.4 Å². The molecule has 0 aliphatic heterocycles. The number of nitrogens with two attached hydrogens (primary N) is 1. The van der Waals surface area contributed by atoms with Crippen LogP contribution >= 0.6 is 15.9 Å². The van der Waals surface area contributed by atoms with Crippen LogP contribution in [0.15, 0.2) is 41.0 Å². The molecule has 3 nitrogen and oxygen atoms in total. The fraction of sp³-hybridized carbons (Fsp3) is 0.267. The van der Waals surface area contributed by atoms with Gasteiger partial charge in [-0.3, -0.25) is 0 Å². The SMILES string of the molecule is CCC(N)Cc1ccc(Oc2cc(F)ccc2Br)nc1. The Morgan fingerprint density at radius 3 is 2.80 bits per heavy atom. The molecule has 1 aromatic heterocycles. The number of ether oxygens (including phenoxy) is 1. The maximum absolute atomic E-state index is 13.2. The van der Waals surface area contributed by atoms with Crippen LogP contribution in [0.4, 0.5) is 4.39 Å². The summed E-state index contributed by atoms with van der Waals surface area (Å²) >= 11 is 3.31. The molecule has 0 saturated heterocycles. The second-order valence-electron chi connectivity index (χ2n) is 4.55. The number of hydrogen-bond acceptors (Lipinski definition) is 3. The number of aromatic nitrogens is 1. The molecule has 2 N–H and O–H groups in total. The molecule has 1 unspecified atom stereocenters. The largest absolute Gasteiger partial charge is 0.438 e. The molecule has 1 aromatic carbocycles. The minimum absolute atomic E-state index is 0.140. The molecule has 0 fully saturated rings. The third kappa shape index (κ3) is 4.02. The van der Waals surface area contributed by atoms with E-state index in [9.17, 15) is 4.39 Å². The predicted octanol–water partition coefficient (Wildman–Crippen LogP) is 4.06. The number of halogens is 2. The first kappa shape index (κ1) is 14.9. The number of rotatable bonds is 5. The van der Waals surface area contributed by atoms with Crippen LogP contribution in [0.3, 0.4) is 0 Å². The van der Waals surface area contributed by atoms with Crippen molar-refractivity contribution in [1.29, 1.82) is 0 Å². The summed E-state index contributed by atoms with van der Waals surface area (Å²) in [5.74, 6) is 0.467. The third-order valence-electron chi connectivity index (χ3n) is 2.93. The minimum atomic E-state index is -0.353. The van der Waals surface area contributed by atoms with Crippen molar-refractivity contribution in [3.63, 3.8) is 0 Å². The van der Waals surface area contributed by atoms with Crippen LogP contribution in [0.1, 0.15) is 18.9 Å². The van der Waals surface area contributed by atoms with Gasteiger partial charge in [0.2, 0.25) is 5.88 Å². The second-order valence-corrected chi connectivity index (χ2v) is 5.41. The Kier molecular flexibility index (Phi) is 5.09. The van der Waals surface area contributed by atoms with Crippen LogP contribution in [0.25, 0.3) is 0 Å². The number of pyridine rings is 1. The van der Waals surface area contributed by atoms with Gasteiger partial charge < -0.3 is 10.5 Å². The Bertz CT molecular complexity index is 575.